The molecular weight excluding hydrogens is 328 g/mol. The minimum absolute atomic E-state index is 0.0220. The van der Waals surface area contributed by atoms with Gasteiger partial charge in [-0.2, -0.15) is 5.10 Å². The normalized spacial score (nSPS) is 13.1. The quantitative estimate of drug-likeness (QED) is 0.793. The van der Waals surface area contributed by atoms with Gasteiger partial charge >= 0.3 is 0 Å². The fourth-order valence-electron chi connectivity index (χ4n) is 2.72. The van der Waals surface area contributed by atoms with Crippen LogP contribution in [0.3, 0.4) is 0 Å². The van der Waals surface area contributed by atoms with Crippen LogP contribution >= 0.6 is 0 Å². The van der Waals surface area contributed by atoms with Crippen LogP contribution < -0.4 is 10.1 Å². The SMILES string of the molecule is O=C1COc2ccc(-c3cc(CF)nn3-c3ccc(F)cc3)cc2N1. The number of alkyl halides is 1. The predicted molar refractivity (Wildman–Crippen MR) is 87.9 cm³/mol. The van der Waals surface area contributed by atoms with Crippen molar-refractivity contribution < 1.29 is 18.3 Å². The number of nitrogens with zero attached hydrogens (tertiary/aromatic N) is 2. The molecular formula is C18H13F2N3O2. The Morgan fingerprint density at radius 1 is 1.16 bits per heavy atom. The average molecular weight is 341 g/mol. The van der Waals surface area contributed by atoms with Crippen molar-refractivity contribution in [1.29, 1.82) is 0 Å². The van der Waals surface area contributed by atoms with Crippen molar-refractivity contribution in [2.45, 2.75) is 6.67 Å². The van der Waals surface area contributed by atoms with E-state index in [1.165, 1.54) is 12.1 Å². The zero-order valence-corrected chi connectivity index (χ0v) is 13.0. The van der Waals surface area contributed by atoms with Crippen LogP contribution in [0.15, 0.2) is 48.5 Å². The highest BCUT2D eigenvalue weighted by molar-refractivity contribution is 5.96. The molecule has 1 aliphatic rings. The average Bonchev–Trinajstić information content (AvgIpc) is 3.06. The molecule has 1 N–H and O–H groups in total. The fourth-order valence-corrected chi connectivity index (χ4v) is 2.72. The molecule has 2 aromatic carbocycles. The van der Waals surface area contributed by atoms with Crippen molar-refractivity contribution in [1.82, 2.24) is 9.78 Å². The monoisotopic (exact) mass is 341 g/mol. The first-order valence-electron chi connectivity index (χ1n) is 7.62. The zero-order valence-electron chi connectivity index (χ0n) is 13.0. The first kappa shape index (κ1) is 15.3. The van der Waals surface area contributed by atoms with E-state index in [4.69, 9.17) is 4.74 Å². The van der Waals surface area contributed by atoms with Gasteiger partial charge in [-0.1, -0.05) is 0 Å². The Balaban J connectivity index is 1.82. The molecule has 25 heavy (non-hydrogen) atoms. The third kappa shape index (κ3) is 2.84. The Hall–Kier alpha value is -3.22. The van der Waals surface area contributed by atoms with Gasteiger partial charge in [-0.05, 0) is 48.5 Å². The molecule has 0 spiro atoms. The Labute approximate surface area is 141 Å². The summed E-state index contributed by atoms with van der Waals surface area (Å²) in [6.07, 6.45) is 0. The highest BCUT2D eigenvalue weighted by Gasteiger charge is 2.18. The summed E-state index contributed by atoms with van der Waals surface area (Å²) < 4.78 is 33.2. The number of amides is 1. The smallest absolute Gasteiger partial charge is 0.262 e. The molecule has 0 saturated carbocycles. The van der Waals surface area contributed by atoms with Crippen LogP contribution in [0.4, 0.5) is 14.5 Å². The molecule has 1 aromatic heterocycles. The molecule has 1 aliphatic heterocycles. The summed E-state index contributed by atoms with van der Waals surface area (Å²) in [7, 11) is 0. The van der Waals surface area contributed by atoms with Crippen LogP contribution in [0, 0.1) is 5.82 Å². The van der Waals surface area contributed by atoms with Gasteiger partial charge < -0.3 is 10.1 Å². The van der Waals surface area contributed by atoms with Crippen molar-refractivity contribution in [3.05, 3.63) is 60.0 Å². The van der Waals surface area contributed by atoms with E-state index in [1.807, 2.05) is 0 Å². The molecule has 4 rings (SSSR count). The van der Waals surface area contributed by atoms with Crippen molar-refractivity contribution in [3.63, 3.8) is 0 Å². The lowest BCUT2D eigenvalue weighted by atomic mass is 10.1. The van der Waals surface area contributed by atoms with Crippen molar-refractivity contribution >= 4 is 11.6 Å². The molecule has 0 saturated heterocycles. The van der Waals surface area contributed by atoms with Gasteiger partial charge in [-0.15, -0.1) is 0 Å². The van der Waals surface area contributed by atoms with E-state index in [2.05, 4.69) is 10.4 Å². The lowest BCUT2D eigenvalue weighted by Crippen LogP contribution is -2.25. The molecule has 0 radical (unpaired) electrons. The van der Waals surface area contributed by atoms with E-state index in [9.17, 15) is 13.6 Å². The number of rotatable bonds is 3. The van der Waals surface area contributed by atoms with E-state index in [0.717, 1.165) is 5.56 Å². The first-order valence-corrected chi connectivity index (χ1v) is 7.62. The number of benzene rings is 2. The molecule has 7 heteroatoms. The van der Waals surface area contributed by atoms with Gasteiger partial charge in [-0.3, -0.25) is 4.79 Å². The number of fused-ring (bicyclic) bond motifs is 1. The van der Waals surface area contributed by atoms with Gasteiger partial charge in [0.15, 0.2) is 6.61 Å². The van der Waals surface area contributed by atoms with Crippen LogP contribution in [-0.4, -0.2) is 22.3 Å². The summed E-state index contributed by atoms with van der Waals surface area (Å²) >= 11 is 0. The Kier molecular flexibility index (Phi) is 3.68. The minimum Gasteiger partial charge on any atom is -0.482 e. The van der Waals surface area contributed by atoms with Crippen molar-refractivity contribution in [2.75, 3.05) is 11.9 Å². The third-order valence-corrected chi connectivity index (χ3v) is 3.88. The van der Waals surface area contributed by atoms with Crippen molar-refractivity contribution in [3.8, 4) is 22.7 Å². The van der Waals surface area contributed by atoms with E-state index in [1.54, 1.807) is 41.1 Å². The third-order valence-electron chi connectivity index (χ3n) is 3.88. The van der Waals surface area contributed by atoms with Crippen molar-refractivity contribution in [2.24, 2.45) is 0 Å². The zero-order chi connectivity index (χ0) is 17.4. The number of hydrogen-bond acceptors (Lipinski definition) is 3. The number of hydrogen-bond donors (Lipinski definition) is 1. The molecule has 0 bridgehead atoms. The maximum Gasteiger partial charge on any atom is 0.262 e. The number of carbonyl (C=O) groups is 1. The standard InChI is InChI=1S/C18H13F2N3O2/c19-9-13-8-16(23(22-13)14-4-2-12(20)3-5-14)11-1-6-17-15(7-11)21-18(24)10-25-17/h1-8H,9-10H2,(H,21,24). The molecule has 0 unspecified atom stereocenters. The summed E-state index contributed by atoms with van der Waals surface area (Å²) in [6, 6.07) is 12.7. The van der Waals surface area contributed by atoms with Gasteiger partial charge in [0.2, 0.25) is 0 Å². The fraction of sp³-hybridized carbons (Fsp3) is 0.111. The largest absolute Gasteiger partial charge is 0.482 e. The topological polar surface area (TPSA) is 56.1 Å². The second kappa shape index (κ2) is 6.01. The Morgan fingerprint density at radius 3 is 2.72 bits per heavy atom. The Morgan fingerprint density at radius 2 is 1.96 bits per heavy atom. The van der Waals surface area contributed by atoms with Gasteiger partial charge in [-0.25, -0.2) is 13.5 Å². The number of carbonyl (C=O) groups excluding carboxylic acids is 1. The molecule has 0 aliphatic carbocycles. The van der Waals surface area contributed by atoms with E-state index in [-0.39, 0.29) is 24.0 Å². The van der Waals surface area contributed by atoms with Crippen LogP contribution in [0.5, 0.6) is 5.75 Å². The highest BCUT2D eigenvalue weighted by Crippen LogP contribution is 2.33. The van der Waals surface area contributed by atoms with E-state index < -0.39 is 6.67 Å². The summed E-state index contributed by atoms with van der Waals surface area (Å²) in [6.45, 7) is -0.738. The van der Waals surface area contributed by atoms with Crippen LogP contribution in [0.1, 0.15) is 5.69 Å². The molecule has 3 aromatic rings. The number of anilines is 1. The summed E-state index contributed by atoms with van der Waals surface area (Å²) in [5.41, 5.74) is 2.76. The lowest BCUT2D eigenvalue weighted by Gasteiger charge is -2.18. The van der Waals surface area contributed by atoms with Gasteiger partial charge in [0.25, 0.3) is 5.91 Å². The number of aromatic nitrogens is 2. The van der Waals surface area contributed by atoms with E-state index in [0.29, 0.717) is 22.8 Å². The number of nitrogens with one attached hydrogen (secondary N) is 1. The number of halogens is 2. The van der Waals surface area contributed by atoms with Crippen LogP contribution in [0.25, 0.3) is 16.9 Å². The molecule has 2 heterocycles. The maximum absolute atomic E-state index is 13.2. The van der Waals surface area contributed by atoms with Crippen LogP contribution in [-0.2, 0) is 11.5 Å². The molecule has 5 nitrogen and oxygen atoms in total. The lowest BCUT2D eigenvalue weighted by molar-refractivity contribution is -0.118. The Bertz CT molecular complexity index is 951. The predicted octanol–water partition coefficient (Wildman–Crippen LogP) is 3.48. The minimum atomic E-state index is -0.716. The van der Waals surface area contributed by atoms with Crippen LogP contribution in [0.2, 0.25) is 0 Å². The van der Waals surface area contributed by atoms with Gasteiger partial charge in [0.05, 0.1) is 22.8 Å². The second-order valence-corrected chi connectivity index (χ2v) is 5.59. The van der Waals surface area contributed by atoms with E-state index >= 15 is 0 Å². The number of ether oxygens (including phenoxy) is 1. The molecule has 0 fully saturated rings. The summed E-state index contributed by atoms with van der Waals surface area (Å²) in [5, 5.41) is 6.97. The highest BCUT2D eigenvalue weighted by atomic mass is 19.1. The second-order valence-electron chi connectivity index (χ2n) is 5.59. The summed E-state index contributed by atoms with van der Waals surface area (Å²) in [5.74, 6) is -0.0279. The molecule has 0 atom stereocenters. The summed E-state index contributed by atoms with van der Waals surface area (Å²) in [4.78, 5) is 11.5. The molecule has 1 amide bonds. The maximum atomic E-state index is 13.2. The first-order chi connectivity index (χ1) is 12.1. The van der Waals surface area contributed by atoms with Gasteiger partial charge in [0, 0.05) is 5.56 Å². The molecule has 126 valence electrons. The van der Waals surface area contributed by atoms with Gasteiger partial charge in [0.1, 0.15) is 18.2 Å².